The zero-order valence-electron chi connectivity index (χ0n) is 17.0. The maximum Gasteiger partial charge on any atom is 0.222 e. The summed E-state index contributed by atoms with van der Waals surface area (Å²) in [5.74, 6) is 0.119. The topological polar surface area (TPSA) is 76.4 Å². The molecule has 0 spiro atoms. The van der Waals surface area contributed by atoms with E-state index in [2.05, 4.69) is 11.4 Å². The van der Waals surface area contributed by atoms with E-state index in [1.54, 1.807) is 16.2 Å². The zero-order valence-corrected chi connectivity index (χ0v) is 17.9. The molecule has 1 aromatic carbocycles. The number of nitrogens with one attached hydrogen (secondary N) is 1. The van der Waals surface area contributed by atoms with Crippen LogP contribution in [0.1, 0.15) is 37.1 Å². The Hall–Kier alpha value is -2.20. The summed E-state index contributed by atoms with van der Waals surface area (Å²) in [6, 6.07) is 16.3. The smallest absolute Gasteiger partial charge is 0.222 e. The van der Waals surface area contributed by atoms with E-state index in [1.165, 1.54) is 0 Å². The van der Waals surface area contributed by atoms with Gasteiger partial charge in [0.1, 0.15) is 0 Å². The van der Waals surface area contributed by atoms with Gasteiger partial charge in [-0.05, 0) is 29.3 Å². The third kappa shape index (κ3) is 4.87. The van der Waals surface area contributed by atoms with Gasteiger partial charge in [0.05, 0.1) is 23.6 Å². The number of rotatable bonds is 8. The van der Waals surface area contributed by atoms with Gasteiger partial charge in [0.25, 0.3) is 0 Å². The van der Waals surface area contributed by atoms with E-state index in [-0.39, 0.29) is 17.9 Å². The highest BCUT2D eigenvalue weighted by Crippen LogP contribution is 2.39. The van der Waals surface area contributed by atoms with Crippen LogP contribution in [0.15, 0.2) is 47.8 Å². The van der Waals surface area contributed by atoms with Crippen LogP contribution in [-0.2, 0) is 16.8 Å². The van der Waals surface area contributed by atoms with Crippen molar-refractivity contribution in [1.29, 1.82) is 5.26 Å². The van der Waals surface area contributed by atoms with Crippen LogP contribution >= 0.6 is 11.3 Å². The number of aliphatic hydroxyl groups excluding tert-OH is 1. The number of β-amino-alcohol motifs (C(OH)–C–C–N with tert-alkyl or cyclic N) is 1. The molecular formula is C23H29N3O2S. The Balaban J connectivity index is 1.57. The summed E-state index contributed by atoms with van der Waals surface area (Å²) in [4.78, 5) is 15.6. The van der Waals surface area contributed by atoms with Crippen LogP contribution < -0.4 is 5.32 Å². The third-order valence-electron chi connectivity index (χ3n) is 5.93. The minimum Gasteiger partial charge on any atom is -0.390 e. The second-order valence-corrected chi connectivity index (χ2v) is 9.00. The Morgan fingerprint density at radius 3 is 2.69 bits per heavy atom. The van der Waals surface area contributed by atoms with Gasteiger partial charge in [-0.3, -0.25) is 4.79 Å². The van der Waals surface area contributed by atoms with Crippen LogP contribution in [0.2, 0.25) is 0 Å². The molecule has 1 aliphatic rings. The lowest BCUT2D eigenvalue weighted by molar-refractivity contribution is -0.130. The molecule has 154 valence electrons. The highest BCUT2D eigenvalue weighted by atomic mass is 32.1. The number of hydrogen-bond donors (Lipinski definition) is 2. The molecule has 3 unspecified atom stereocenters. The quantitative estimate of drug-likeness (QED) is 0.699. The van der Waals surface area contributed by atoms with Crippen LogP contribution in [0.4, 0.5) is 0 Å². The van der Waals surface area contributed by atoms with E-state index in [0.29, 0.717) is 32.5 Å². The number of likely N-dealkylation sites (tertiary alicyclic amines) is 1. The molecule has 0 bridgehead atoms. The molecule has 2 N–H and O–H groups in total. The summed E-state index contributed by atoms with van der Waals surface area (Å²) in [5.41, 5.74) is 0.504. The van der Waals surface area contributed by atoms with Gasteiger partial charge in [-0.15, -0.1) is 11.3 Å². The summed E-state index contributed by atoms with van der Waals surface area (Å²) in [7, 11) is 0. The van der Waals surface area contributed by atoms with Gasteiger partial charge in [0.2, 0.25) is 5.91 Å². The van der Waals surface area contributed by atoms with E-state index < -0.39 is 11.5 Å². The maximum atomic E-state index is 12.8. The summed E-state index contributed by atoms with van der Waals surface area (Å²) in [6.07, 6.45) is 0.225. The minimum atomic E-state index is -0.646. The molecule has 1 saturated heterocycles. The van der Waals surface area contributed by atoms with Crippen molar-refractivity contribution in [2.24, 2.45) is 5.92 Å². The summed E-state index contributed by atoms with van der Waals surface area (Å²) < 4.78 is 0. The molecule has 0 saturated carbocycles. The number of aliphatic hydroxyl groups is 1. The standard InChI is InChI=1S/C23H29N3O2S/c1-17(2)23(16-24,21-9-6-12-29-21)11-10-22(28)26-14-19(20(27)15-26)25-13-18-7-4-3-5-8-18/h3-9,12,17,19-20,25,27H,10-11,13-15H2,1-2H3. The van der Waals surface area contributed by atoms with Crippen LogP contribution in [0.5, 0.6) is 0 Å². The first kappa shape index (κ1) is 21.5. The van der Waals surface area contributed by atoms with E-state index in [1.807, 2.05) is 61.7 Å². The van der Waals surface area contributed by atoms with Crippen molar-refractivity contribution in [3.8, 4) is 6.07 Å². The Kier molecular flexibility index (Phi) is 7.07. The highest BCUT2D eigenvalue weighted by molar-refractivity contribution is 7.10. The van der Waals surface area contributed by atoms with Gasteiger partial charge in [-0.1, -0.05) is 50.2 Å². The van der Waals surface area contributed by atoms with Gasteiger partial charge >= 0.3 is 0 Å². The molecule has 1 aliphatic heterocycles. The average molecular weight is 412 g/mol. The number of benzene rings is 1. The molecule has 2 heterocycles. The molecule has 5 nitrogen and oxygen atoms in total. The monoisotopic (exact) mass is 411 g/mol. The van der Waals surface area contributed by atoms with Crippen molar-refractivity contribution in [2.75, 3.05) is 13.1 Å². The van der Waals surface area contributed by atoms with Crippen molar-refractivity contribution in [1.82, 2.24) is 10.2 Å². The van der Waals surface area contributed by atoms with Gasteiger partial charge in [-0.2, -0.15) is 5.26 Å². The fourth-order valence-electron chi connectivity index (χ4n) is 3.97. The normalized spacial score (nSPS) is 21.1. The van der Waals surface area contributed by atoms with Gasteiger partial charge in [0.15, 0.2) is 0 Å². The van der Waals surface area contributed by atoms with E-state index in [0.717, 1.165) is 10.4 Å². The van der Waals surface area contributed by atoms with Gasteiger partial charge in [-0.25, -0.2) is 0 Å². The molecule has 3 rings (SSSR count). The lowest BCUT2D eigenvalue weighted by atomic mass is 9.73. The number of carbonyl (C=O) groups excluding carboxylic acids is 1. The molecule has 3 atom stereocenters. The Bertz CT molecular complexity index is 832. The molecule has 29 heavy (non-hydrogen) atoms. The Morgan fingerprint density at radius 1 is 1.31 bits per heavy atom. The van der Waals surface area contributed by atoms with Gasteiger partial charge < -0.3 is 15.3 Å². The van der Waals surface area contributed by atoms with E-state index >= 15 is 0 Å². The predicted molar refractivity (Wildman–Crippen MR) is 115 cm³/mol. The molecule has 1 fully saturated rings. The van der Waals surface area contributed by atoms with Crippen molar-refractivity contribution in [2.45, 2.75) is 50.8 Å². The van der Waals surface area contributed by atoms with Gasteiger partial charge in [0, 0.05) is 30.9 Å². The van der Waals surface area contributed by atoms with Crippen LogP contribution in [-0.4, -0.2) is 41.1 Å². The largest absolute Gasteiger partial charge is 0.390 e. The van der Waals surface area contributed by atoms with Crippen LogP contribution in [0.25, 0.3) is 0 Å². The van der Waals surface area contributed by atoms with Crippen molar-refractivity contribution in [3.05, 3.63) is 58.3 Å². The Labute approximate surface area is 177 Å². The highest BCUT2D eigenvalue weighted by Gasteiger charge is 2.39. The summed E-state index contributed by atoms with van der Waals surface area (Å²) >= 11 is 1.57. The minimum absolute atomic E-state index is 0.00453. The fraction of sp³-hybridized carbons (Fsp3) is 0.478. The number of nitriles is 1. The molecule has 0 aliphatic carbocycles. The molecular weight excluding hydrogens is 382 g/mol. The molecule has 2 aromatic rings. The first-order valence-electron chi connectivity index (χ1n) is 10.1. The maximum absolute atomic E-state index is 12.8. The lowest BCUT2D eigenvalue weighted by Crippen LogP contribution is -2.39. The van der Waals surface area contributed by atoms with Crippen molar-refractivity contribution >= 4 is 17.2 Å². The van der Waals surface area contributed by atoms with Crippen molar-refractivity contribution < 1.29 is 9.90 Å². The molecule has 1 amide bonds. The molecule has 0 radical (unpaired) electrons. The van der Waals surface area contributed by atoms with Crippen LogP contribution in [0.3, 0.4) is 0 Å². The number of nitrogens with zero attached hydrogens (tertiary/aromatic N) is 2. The van der Waals surface area contributed by atoms with E-state index in [9.17, 15) is 15.2 Å². The number of thiophene rings is 1. The van der Waals surface area contributed by atoms with Crippen molar-refractivity contribution in [3.63, 3.8) is 0 Å². The summed E-state index contributed by atoms with van der Waals surface area (Å²) in [6.45, 7) is 5.57. The number of amides is 1. The second kappa shape index (κ2) is 9.53. The molecule has 1 aromatic heterocycles. The SMILES string of the molecule is CC(C)C(C#N)(CCC(=O)N1CC(O)C(NCc2ccccc2)C1)c1cccs1. The summed E-state index contributed by atoms with van der Waals surface area (Å²) in [5, 5.41) is 25.7. The first-order chi connectivity index (χ1) is 14.0. The average Bonchev–Trinajstić information content (AvgIpc) is 3.38. The first-order valence-corrected chi connectivity index (χ1v) is 11.0. The van der Waals surface area contributed by atoms with Crippen LogP contribution in [0, 0.1) is 17.2 Å². The lowest BCUT2D eigenvalue weighted by Gasteiger charge is -2.30. The zero-order chi connectivity index (χ0) is 20.9. The third-order valence-corrected chi connectivity index (χ3v) is 6.98. The Morgan fingerprint density at radius 2 is 2.07 bits per heavy atom. The van der Waals surface area contributed by atoms with E-state index in [4.69, 9.17) is 0 Å². The second-order valence-electron chi connectivity index (χ2n) is 8.05. The number of carbonyl (C=O) groups is 1. The predicted octanol–water partition coefficient (Wildman–Crippen LogP) is 3.31. The number of hydrogen-bond acceptors (Lipinski definition) is 5. The molecule has 6 heteroatoms. The fourth-order valence-corrected chi connectivity index (χ4v) is 5.02.